The van der Waals surface area contributed by atoms with E-state index in [0.717, 1.165) is 0 Å². The monoisotopic (exact) mass is 142 g/mol. The standard InChI is InChI=1S/BH3O3.BrH/c2-1(3)4;/h2-4H;1H. The van der Waals surface area contributed by atoms with Gasteiger partial charge in [0.15, 0.2) is 0 Å². The first kappa shape index (κ1) is 9.06. The van der Waals surface area contributed by atoms with Gasteiger partial charge in [-0.05, 0) is 0 Å². The molecule has 0 aliphatic carbocycles. The number of hydrogen-bond donors (Lipinski definition) is 3. The molecule has 0 aromatic carbocycles. The summed E-state index contributed by atoms with van der Waals surface area (Å²) in [5.74, 6) is 0. The lowest BCUT2D eigenvalue weighted by Crippen LogP contribution is -2.07. The minimum Gasteiger partial charge on any atom is -0.402 e. The minimum absolute atomic E-state index is 0. The van der Waals surface area contributed by atoms with Crippen LogP contribution in [0.3, 0.4) is 0 Å². The van der Waals surface area contributed by atoms with E-state index in [1.165, 1.54) is 0 Å². The van der Waals surface area contributed by atoms with Gasteiger partial charge >= 0.3 is 7.32 Å². The average Bonchev–Trinajstić information content (AvgIpc) is 0.811. The first-order chi connectivity index (χ1) is 1.73. The highest BCUT2D eigenvalue weighted by Crippen LogP contribution is 1.40. The van der Waals surface area contributed by atoms with E-state index >= 15 is 0 Å². The van der Waals surface area contributed by atoms with Gasteiger partial charge in [0.25, 0.3) is 0 Å². The third-order valence-electron chi connectivity index (χ3n) is 0. The van der Waals surface area contributed by atoms with Crippen molar-refractivity contribution in [2.24, 2.45) is 0 Å². The van der Waals surface area contributed by atoms with Crippen molar-refractivity contribution >= 4 is 24.3 Å². The number of halogens is 1. The molecule has 0 aromatic heterocycles. The predicted octanol–water partition coefficient (Wildman–Crippen LogP) is -1.47. The van der Waals surface area contributed by atoms with Crippen molar-refractivity contribution in [3.8, 4) is 0 Å². The van der Waals surface area contributed by atoms with E-state index in [9.17, 15) is 0 Å². The second kappa shape index (κ2) is 4.42. The summed E-state index contributed by atoms with van der Waals surface area (Å²) in [7, 11) is -2.17. The minimum atomic E-state index is -2.17. The van der Waals surface area contributed by atoms with E-state index in [-0.39, 0.29) is 17.0 Å². The van der Waals surface area contributed by atoms with Crippen LogP contribution in [0.4, 0.5) is 0 Å². The van der Waals surface area contributed by atoms with Crippen LogP contribution in [0.25, 0.3) is 0 Å². The molecule has 0 aliphatic heterocycles. The molecule has 0 unspecified atom stereocenters. The van der Waals surface area contributed by atoms with Gasteiger partial charge in [0.05, 0.1) is 0 Å². The van der Waals surface area contributed by atoms with Gasteiger partial charge in [-0.1, -0.05) is 0 Å². The lowest BCUT2D eigenvalue weighted by Gasteiger charge is -1.69. The zero-order valence-electron chi connectivity index (χ0n) is 2.33. The van der Waals surface area contributed by atoms with Gasteiger partial charge in [0.2, 0.25) is 0 Å². The first-order valence-corrected chi connectivity index (χ1v) is 0.775. The molecule has 0 atom stereocenters. The highest BCUT2D eigenvalue weighted by Gasteiger charge is 1.92. The molecule has 0 radical (unpaired) electrons. The van der Waals surface area contributed by atoms with E-state index in [2.05, 4.69) is 0 Å². The normalized spacial score (nSPS) is 5.40. The quantitative estimate of drug-likeness (QED) is 0.362. The topological polar surface area (TPSA) is 60.7 Å². The Hall–Kier alpha value is 0.425. The molecule has 0 amide bonds. The smallest absolute Gasteiger partial charge is 0.402 e. The SMILES string of the molecule is Br.OB(O)O. The lowest BCUT2D eigenvalue weighted by atomic mass is 10.3. The molecule has 0 heterocycles. The molecule has 0 aromatic rings. The van der Waals surface area contributed by atoms with Crippen molar-refractivity contribution in [2.45, 2.75) is 0 Å². The van der Waals surface area contributed by atoms with Crippen LogP contribution < -0.4 is 0 Å². The largest absolute Gasteiger partial charge is 0.631 e. The molecular formula is H4BBrO3. The van der Waals surface area contributed by atoms with Crippen LogP contribution in [0, 0.1) is 0 Å². The fraction of sp³-hybridized carbons (Fsp3) is 0. The zero-order valence-corrected chi connectivity index (χ0v) is 4.04. The van der Waals surface area contributed by atoms with E-state index in [4.69, 9.17) is 15.1 Å². The lowest BCUT2D eigenvalue weighted by molar-refractivity contribution is 0.278. The van der Waals surface area contributed by atoms with Crippen LogP contribution in [0.5, 0.6) is 0 Å². The van der Waals surface area contributed by atoms with Crippen LogP contribution in [-0.4, -0.2) is 22.4 Å². The highest BCUT2D eigenvalue weighted by atomic mass is 79.9. The van der Waals surface area contributed by atoms with Gasteiger partial charge in [-0.2, -0.15) is 0 Å². The fourth-order valence-electron chi connectivity index (χ4n) is 0. The van der Waals surface area contributed by atoms with E-state index in [0.29, 0.717) is 0 Å². The Morgan fingerprint density at radius 1 is 1.00 bits per heavy atom. The molecule has 5 heteroatoms. The van der Waals surface area contributed by atoms with Crippen LogP contribution in [0.15, 0.2) is 0 Å². The van der Waals surface area contributed by atoms with Crippen LogP contribution >= 0.6 is 17.0 Å². The Morgan fingerprint density at radius 3 is 1.00 bits per heavy atom. The zero-order chi connectivity index (χ0) is 3.58. The van der Waals surface area contributed by atoms with Gasteiger partial charge in [-0.25, -0.2) is 0 Å². The second-order valence-electron chi connectivity index (χ2n) is 0.346. The summed E-state index contributed by atoms with van der Waals surface area (Å²) in [5.41, 5.74) is 0. The third kappa shape index (κ3) is 144. The van der Waals surface area contributed by atoms with Crippen LogP contribution in [0.2, 0.25) is 0 Å². The Labute approximate surface area is 40.2 Å². The van der Waals surface area contributed by atoms with Crippen molar-refractivity contribution in [3.63, 3.8) is 0 Å². The molecular weight excluding hydrogens is 139 g/mol. The Morgan fingerprint density at radius 2 is 1.00 bits per heavy atom. The third-order valence-corrected chi connectivity index (χ3v) is 0. The molecule has 3 N–H and O–H groups in total. The molecule has 5 heavy (non-hydrogen) atoms. The maximum absolute atomic E-state index is 7.17. The van der Waals surface area contributed by atoms with Crippen molar-refractivity contribution < 1.29 is 15.1 Å². The molecule has 3 nitrogen and oxygen atoms in total. The Kier molecular flexibility index (Phi) is 8.01. The van der Waals surface area contributed by atoms with Crippen molar-refractivity contribution in [3.05, 3.63) is 0 Å². The van der Waals surface area contributed by atoms with Gasteiger partial charge in [-0.15, -0.1) is 17.0 Å². The summed E-state index contributed by atoms with van der Waals surface area (Å²) >= 11 is 0. The van der Waals surface area contributed by atoms with Gasteiger partial charge < -0.3 is 15.1 Å². The summed E-state index contributed by atoms with van der Waals surface area (Å²) in [5, 5.41) is 21.5. The molecule has 0 spiro atoms. The second-order valence-corrected chi connectivity index (χ2v) is 0.346. The van der Waals surface area contributed by atoms with E-state index < -0.39 is 7.32 Å². The van der Waals surface area contributed by atoms with Gasteiger partial charge in [0, 0.05) is 0 Å². The van der Waals surface area contributed by atoms with E-state index in [1.54, 1.807) is 0 Å². The molecule has 0 bridgehead atoms. The molecule has 0 saturated heterocycles. The van der Waals surface area contributed by atoms with Crippen LogP contribution in [0.1, 0.15) is 0 Å². The Balaban J connectivity index is 0. The molecule has 0 fully saturated rings. The Bertz CT molecular complexity index is 11.6. The maximum Gasteiger partial charge on any atom is 0.631 e. The average molecular weight is 143 g/mol. The highest BCUT2D eigenvalue weighted by molar-refractivity contribution is 8.93. The maximum atomic E-state index is 7.17. The van der Waals surface area contributed by atoms with Crippen LogP contribution in [-0.2, 0) is 0 Å². The summed E-state index contributed by atoms with van der Waals surface area (Å²) in [6.45, 7) is 0. The number of hydrogen-bond acceptors (Lipinski definition) is 3. The summed E-state index contributed by atoms with van der Waals surface area (Å²) in [6, 6.07) is 0. The molecule has 0 saturated carbocycles. The predicted molar refractivity (Wildman–Crippen MR) is 22.7 cm³/mol. The number of rotatable bonds is 0. The molecule has 32 valence electrons. The van der Waals surface area contributed by atoms with Gasteiger partial charge in [-0.3, -0.25) is 0 Å². The van der Waals surface area contributed by atoms with Crippen molar-refractivity contribution in [1.29, 1.82) is 0 Å². The fourth-order valence-corrected chi connectivity index (χ4v) is 0. The summed E-state index contributed by atoms with van der Waals surface area (Å²) in [4.78, 5) is 0. The molecule has 0 aliphatic rings. The first-order valence-electron chi connectivity index (χ1n) is 0.775. The van der Waals surface area contributed by atoms with E-state index in [1.807, 2.05) is 0 Å². The van der Waals surface area contributed by atoms with Gasteiger partial charge in [0.1, 0.15) is 0 Å². The summed E-state index contributed by atoms with van der Waals surface area (Å²) < 4.78 is 0. The summed E-state index contributed by atoms with van der Waals surface area (Å²) in [6.07, 6.45) is 0. The molecule has 0 rings (SSSR count). The van der Waals surface area contributed by atoms with Crippen molar-refractivity contribution in [2.75, 3.05) is 0 Å². The van der Waals surface area contributed by atoms with Crippen molar-refractivity contribution in [1.82, 2.24) is 0 Å².